The largest absolute Gasteiger partial charge is 0.393 e. The van der Waals surface area contributed by atoms with Crippen LogP contribution in [0.4, 0.5) is 0 Å². The molecule has 1 aromatic rings. The summed E-state index contributed by atoms with van der Waals surface area (Å²) in [6.07, 6.45) is 2.83. The van der Waals surface area contributed by atoms with E-state index in [9.17, 15) is 5.11 Å². The van der Waals surface area contributed by atoms with E-state index in [0.717, 1.165) is 16.6 Å². The minimum Gasteiger partial charge on any atom is -0.393 e. The second-order valence-electron chi connectivity index (χ2n) is 3.54. The van der Waals surface area contributed by atoms with Crippen LogP contribution in [0.15, 0.2) is 10.7 Å². The second kappa shape index (κ2) is 4.00. The van der Waals surface area contributed by atoms with Crippen molar-refractivity contribution < 1.29 is 9.84 Å². The van der Waals surface area contributed by atoms with Gasteiger partial charge in [0.1, 0.15) is 6.10 Å². The number of aliphatic hydroxyl groups excluding tert-OH is 1. The monoisotopic (exact) mass is 260 g/mol. The molecule has 4 nitrogen and oxygen atoms in total. The Morgan fingerprint density at radius 2 is 2.50 bits per heavy atom. The number of nitrogens with zero attached hydrogens (tertiary/aromatic N) is 2. The van der Waals surface area contributed by atoms with Crippen molar-refractivity contribution >= 4 is 15.9 Å². The molecule has 1 N–H and O–H groups in total. The summed E-state index contributed by atoms with van der Waals surface area (Å²) in [7, 11) is 1.88. The van der Waals surface area contributed by atoms with Gasteiger partial charge in [-0.3, -0.25) is 4.68 Å². The summed E-state index contributed by atoms with van der Waals surface area (Å²) < 4.78 is 8.33. The molecule has 2 atom stereocenters. The molecule has 0 saturated carbocycles. The van der Waals surface area contributed by atoms with Crippen LogP contribution in [-0.2, 0) is 11.8 Å². The van der Waals surface area contributed by atoms with Gasteiger partial charge in [-0.15, -0.1) is 0 Å². The molecule has 1 aliphatic heterocycles. The van der Waals surface area contributed by atoms with Gasteiger partial charge in [-0.25, -0.2) is 0 Å². The lowest BCUT2D eigenvalue weighted by molar-refractivity contribution is -0.0484. The first-order valence-corrected chi connectivity index (χ1v) is 5.45. The third kappa shape index (κ3) is 1.85. The summed E-state index contributed by atoms with van der Waals surface area (Å²) >= 11 is 3.43. The molecule has 2 unspecified atom stereocenters. The number of hydrogen-bond donors (Lipinski definition) is 1. The number of hydrogen-bond acceptors (Lipinski definition) is 3. The number of ether oxygens (including phenoxy) is 1. The van der Waals surface area contributed by atoms with E-state index in [-0.39, 0.29) is 12.2 Å². The number of aromatic nitrogens is 2. The first-order valence-electron chi connectivity index (χ1n) is 4.65. The Bertz CT molecular complexity index is 307. The van der Waals surface area contributed by atoms with Crippen molar-refractivity contribution in [2.24, 2.45) is 7.05 Å². The maximum Gasteiger partial charge on any atom is 0.103 e. The molecule has 0 amide bonds. The zero-order valence-electron chi connectivity index (χ0n) is 7.98. The molecule has 0 aromatic carbocycles. The summed E-state index contributed by atoms with van der Waals surface area (Å²) in [5.41, 5.74) is 1.00. The van der Waals surface area contributed by atoms with Crippen LogP contribution in [0, 0.1) is 0 Å². The number of aryl methyl sites for hydroxylation is 1. The number of rotatable bonds is 1. The molecule has 5 heteroatoms. The Morgan fingerprint density at radius 3 is 3.07 bits per heavy atom. The van der Waals surface area contributed by atoms with E-state index < -0.39 is 0 Å². The van der Waals surface area contributed by atoms with Crippen molar-refractivity contribution in [3.8, 4) is 0 Å². The van der Waals surface area contributed by atoms with Crippen LogP contribution in [0.2, 0.25) is 0 Å². The highest BCUT2D eigenvalue weighted by atomic mass is 79.9. The SMILES string of the molecule is Cn1ncc(Br)c1C1CC(O)CCO1. The van der Waals surface area contributed by atoms with Crippen LogP contribution in [0.5, 0.6) is 0 Å². The van der Waals surface area contributed by atoms with E-state index in [1.165, 1.54) is 0 Å². The molecular formula is C9H13BrN2O2. The van der Waals surface area contributed by atoms with Crippen LogP contribution >= 0.6 is 15.9 Å². The Hall–Kier alpha value is -0.390. The van der Waals surface area contributed by atoms with Gasteiger partial charge in [-0.2, -0.15) is 5.10 Å². The summed E-state index contributed by atoms with van der Waals surface area (Å²) in [4.78, 5) is 0. The molecule has 1 aromatic heterocycles. The molecular weight excluding hydrogens is 248 g/mol. The van der Waals surface area contributed by atoms with Crippen LogP contribution in [0.1, 0.15) is 24.6 Å². The van der Waals surface area contributed by atoms with Gasteiger partial charge in [-0.1, -0.05) is 0 Å². The fourth-order valence-electron chi connectivity index (χ4n) is 1.75. The Morgan fingerprint density at radius 1 is 1.71 bits per heavy atom. The Kier molecular flexibility index (Phi) is 2.90. The Labute approximate surface area is 91.0 Å². The fourth-order valence-corrected chi connectivity index (χ4v) is 2.36. The van der Waals surface area contributed by atoms with E-state index in [1.807, 2.05) is 7.05 Å². The predicted octanol–water partition coefficient (Wildman–Crippen LogP) is 1.40. The van der Waals surface area contributed by atoms with Gasteiger partial charge in [0.2, 0.25) is 0 Å². The molecule has 14 heavy (non-hydrogen) atoms. The van der Waals surface area contributed by atoms with Crippen LogP contribution < -0.4 is 0 Å². The third-order valence-electron chi connectivity index (χ3n) is 2.50. The smallest absolute Gasteiger partial charge is 0.103 e. The van der Waals surface area contributed by atoms with Gasteiger partial charge in [0, 0.05) is 20.1 Å². The van der Waals surface area contributed by atoms with Gasteiger partial charge in [0.05, 0.1) is 22.5 Å². The molecule has 0 radical (unpaired) electrons. The standard InChI is InChI=1S/C9H13BrN2O2/c1-12-9(7(10)5-11-12)8-4-6(13)2-3-14-8/h5-6,8,13H,2-4H2,1H3. The van der Waals surface area contributed by atoms with Crippen LogP contribution in [0.3, 0.4) is 0 Å². The van der Waals surface area contributed by atoms with E-state index in [4.69, 9.17) is 4.74 Å². The van der Waals surface area contributed by atoms with E-state index in [1.54, 1.807) is 10.9 Å². The summed E-state index contributed by atoms with van der Waals surface area (Å²) in [5, 5.41) is 13.7. The number of aliphatic hydroxyl groups is 1. The van der Waals surface area contributed by atoms with Gasteiger partial charge in [0.15, 0.2) is 0 Å². The molecule has 1 aliphatic rings. The minimum absolute atomic E-state index is 0.0411. The maximum absolute atomic E-state index is 9.54. The second-order valence-corrected chi connectivity index (χ2v) is 4.39. The molecule has 0 aliphatic carbocycles. The van der Waals surface area contributed by atoms with Crippen molar-refractivity contribution in [2.75, 3.05) is 6.61 Å². The molecule has 1 fully saturated rings. The quantitative estimate of drug-likeness (QED) is 0.831. The topological polar surface area (TPSA) is 47.3 Å². The molecule has 2 rings (SSSR count). The van der Waals surface area contributed by atoms with Crippen LogP contribution in [-0.4, -0.2) is 27.6 Å². The van der Waals surface area contributed by atoms with Gasteiger partial charge >= 0.3 is 0 Å². The first kappa shape index (κ1) is 10.1. The normalized spacial score (nSPS) is 27.9. The zero-order chi connectivity index (χ0) is 10.1. The molecule has 2 heterocycles. The lowest BCUT2D eigenvalue weighted by Gasteiger charge is -2.26. The Balaban J connectivity index is 2.21. The lowest BCUT2D eigenvalue weighted by atomic mass is 10.0. The fraction of sp³-hybridized carbons (Fsp3) is 0.667. The third-order valence-corrected chi connectivity index (χ3v) is 3.11. The number of halogens is 1. The van der Waals surface area contributed by atoms with E-state index in [2.05, 4.69) is 21.0 Å². The average molecular weight is 261 g/mol. The molecule has 0 bridgehead atoms. The van der Waals surface area contributed by atoms with Crippen molar-refractivity contribution in [3.63, 3.8) is 0 Å². The summed E-state index contributed by atoms with van der Waals surface area (Å²) in [6.45, 7) is 0.615. The first-order chi connectivity index (χ1) is 6.68. The predicted molar refractivity (Wildman–Crippen MR) is 54.8 cm³/mol. The van der Waals surface area contributed by atoms with Gasteiger partial charge in [0.25, 0.3) is 0 Å². The summed E-state index contributed by atoms with van der Waals surface area (Å²) in [6, 6.07) is 0. The van der Waals surface area contributed by atoms with Crippen molar-refractivity contribution in [1.82, 2.24) is 9.78 Å². The van der Waals surface area contributed by atoms with Crippen LogP contribution in [0.25, 0.3) is 0 Å². The summed E-state index contributed by atoms with van der Waals surface area (Å²) in [5.74, 6) is 0. The lowest BCUT2D eigenvalue weighted by Crippen LogP contribution is -2.25. The van der Waals surface area contributed by atoms with Gasteiger partial charge in [-0.05, 0) is 22.4 Å². The molecule has 0 spiro atoms. The highest BCUT2D eigenvalue weighted by Gasteiger charge is 2.26. The van der Waals surface area contributed by atoms with Gasteiger partial charge < -0.3 is 9.84 Å². The molecule has 78 valence electrons. The minimum atomic E-state index is -0.254. The molecule has 1 saturated heterocycles. The van der Waals surface area contributed by atoms with E-state index in [0.29, 0.717) is 13.0 Å². The zero-order valence-corrected chi connectivity index (χ0v) is 9.57. The highest BCUT2D eigenvalue weighted by Crippen LogP contribution is 2.32. The van der Waals surface area contributed by atoms with Crippen molar-refractivity contribution in [2.45, 2.75) is 25.0 Å². The average Bonchev–Trinajstić information content (AvgIpc) is 2.46. The maximum atomic E-state index is 9.54. The van der Waals surface area contributed by atoms with Crippen molar-refractivity contribution in [1.29, 1.82) is 0 Å². The highest BCUT2D eigenvalue weighted by molar-refractivity contribution is 9.10. The van der Waals surface area contributed by atoms with Crippen molar-refractivity contribution in [3.05, 3.63) is 16.4 Å². The van der Waals surface area contributed by atoms with E-state index >= 15 is 0 Å².